The Morgan fingerprint density at radius 3 is 2.08 bits per heavy atom. The Kier molecular flexibility index (Phi) is 18.9. The van der Waals surface area contributed by atoms with Crippen molar-refractivity contribution in [3.8, 4) is 0 Å². The van der Waals surface area contributed by atoms with E-state index in [4.69, 9.17) is 9.47 Å². The monoisotopic (exact) mass is 521 g/mol. The second-order valence-corrected chi connectivity index (χ2v) is 11.1. The van der Waals surface area contributed by atoms with E-state index in [1.165, 1.54) is 64.2 Å². The van der Waals surface area contributed by atoms with Crippen molar-refractivity contribution < 1.29 is 23.9 Å². The molecule has 6 heteroatoms. The molecule has 1 heterocycles. The van der Waals surface area contributed by atoms with Crippen LogP contribution in [0.1, 0.15) is 137 Å². The number of carbonyl (C=O) groups excluding carboxylic acids is 3. The van der Waals surface area contributed by atoms with Crippen molar-refractivity contribution in [2.45, 2.75) is 155 Å². The molecule has 0 bridgehead atoms. The minimum absolute atomic E-state index is 0.102. The predicted molar refractivity (Wildman–Crippen MR) is 150 cm³/mol. The molecule has 0 radical (unpaired) electrons. The van der Waals surface area contributed by atoms with Crippen molar-refractivity contribution in [2.75, 3.05) is 0 Å². The van der Waals surface area contributed by atoms with E-state index in [0.717, 1.165) is 32.1 Å². The van der Waals surface area contributed by atoms with E-state index in [-0.39, 0.29) is 30.0 Å². The molecule has 1 saturated heterocycles. The van der Waals surface area contributed by atoms with Crippen molar-refractivity contribution in [3.05, 3.63) is 12.2 Å². The molecule has 1 amide bonds. The van der Waals surface area contributed by atoms with Gasteiger partial charge in [0.2, 0.25) is 6.41 Å². The molecule has 0 aliphatic carbocycles. The third kappa shape index (κ3) is 15.2. The van der Waals surface area contributed by atoms with Crippen LogP contribution in [0.15, 0.2) is 12.2 Å². The highest BCUT2D eigenvalue weighted by molar-refractivity contribution is 5.79. The van der Waals surface area contributed by atoms with Gasteiger partial charge in [0.25, 0.3) is 0 Å². The lowest BCUT2D eigenvalue weighted by atomic mass is 9.89. The van der Waals surface area contributed by atoms with Crippen molar-refractivity contribution in [1.29, 1.82) is 0 Å². The van der Waals surface area contributed by atoms with Crippen LogP contribution in [-0.2, 0) is 23.9 Å². The van der Waals surface area contributed by atoms with Gasteiger partial charge in [0.1, 0.15) is 18.2 Å². The summed E-state index contributed by atoms with van der Waals surface area (Å²) in [6.45, 7) is 8.26. The molecule has 4 atom stereocenters. The van der Waals surface area contributed by atoms with E-state index in [2.05, 4.69) is 24.4 Å². The molecule has 37 heavy (non-hydrogen) atoms. The first kappa shape index (κ1) is 33.2. The van der Waals surface area contributed by atoms with Gasteiger partial charge >= 0.3 is 11.9 Å². The lowest BCUT2D eigenvalue weighted by molar-refractivity contribution is -0.190. The number of hydrogen-bond donors (Lipinski definition) is 1. The van der Waals surface area contributed by atoms with Crippen LogP contribution in [0.25, 0.3) is 0 Å². The highest BCUT2D eigenvalue weighted by atomic mass is 16.6. The maximum absolute atomic E-state index is 12.8. The van der Waals surface area contributed by atoms with Crippen molar-refractivity contribution in [3.63, 3.8) is 0 Å². The van der Waals surface area contributed by atoms with Crippen LogP contribution in [0.4, 0.5) is 0 Å². The lowest BCUT2D eigenvalue weighted by Gasteiger charge is -2.36. The normalized spacial score (nSPS) is 18.9. The van der Waals surface area contributed by atoms with Crippen LogP contribution in [0, 0.1) is 11.8 Å². The third-order valence-corrected chi connectivity index (χ3v) is 7.29. The number of unbranched alkanes of at least 4 members (excludes halogenated alkanes) is 11. The molecule has 1 rings (SSSR count). The zero-order valence-electron chi connectivity index (χ0n) is 24.2. The maximum Gasteiger partial charge on any atom is 0.328 e. The summed E-state index contributed by atoms with van der Waals surface area (Å²) in [5.74, 6) is -0.392. The first-order chi connectivity index (χ1) is 17.9. The summed E-state index contributed by atoms with van der Waals surface area (Å²) in [6.07, 6.45) is 23.5. The number of hydrogen-bond acceptors (Lipinski definition) is 5. The molecule has 214 valence electrons. The van der Waals surface area contributed by atoms with Crippen LogP contribution in [0.2, 0.25) is 0 Å². The highest BCUT2D eigenvalue weighted by Crippen LogP contribution is 2.31. The van der Waals surface area contributed by atoms with Gasteiger partial charge in [0.05, 0.1) is 5.92 Å². The maximum atomic E-state index is 12.8. The molecule has 0 saturated carbocycles. The molecule has 1 aliphatic heterocycles. The summed E-state index contributed by atoms with van der Waals surface area (Å²) in [4.78, 5) is 35.5. The minimum atomic E-state index is -0.639. The fourth-order valence-corrected chi connectivity index (χ4v) is 5.00. The molecule has 6 nitrogen and oxygen atoms in total. The molecule has 0 aromatic carbocycles. The molecule has 0 unspecified atom stereocenters. The Labute approximate surface area is 226 Å². The molecule has 0 aromatic heterocycles. The summed E-state index contributed by atoms with van der Waals surface area (Å²) >= 11 is 0. The van der Waals surface area contributed by atoms with Gasteiger partial charge in [-0.15, -0.1) is 0 Å². The Morgan fingerprint density at radius 1 is 0.946 bits per heavy atom. The van der Waals surface area contributed by atoms with Gasteiger partial charge in [-0.05, 0) is 57.3 Å². The molecule has 1 aliphatic rings. The Hall–Kier alpha value is -1.85. The van der Waals surface area contributed by atoms with Crippen molar-refractivity contribution in [2.24, 2.45) is 11.8 Å². The summed E-state index contributed by atoms with van der Waals surface area (Å²) in [6, 6.07) is -0.639. The largest absolute Gasteiger partial charge is 0.461 e. The zero-order valence-corrected chi connectivity index (χ0v) is 24.2. The Morgan fingerprint density at radius 2 is 1.54 bits per heavy atom. The smallest absolute Gasteiger partial charge is 0.328 e. The number of nitrogens with one attached hydrogen (secondary N) is 1. The highest BCUT2D eigenvalue weighted by Gasteiger charge is 2.42. The van der Waals surface area contributed by atoms with Crippen LogP contribution in [0.5, 0.6) is 0 Å². The zero-order chi connectivity index (χ0) is 27.3. The van der Waals surface area contributed by atoms with Gasteiger partial charge in [0, 0.05) is 6.42 Å². The van der Waals surface area contributed by atoms with E-state index >= 15 is 0 Å². The molecular weight excluding hydrogens is 466 g/mol. The number of ether oxygens (including phenoxy) is 2. The number of cyclic esters (lactones) is 1. The van der Waals surface area contributed by atoms with E-state index in [1.54, 1.807) is 0 Å². The molecule has 0 aromatic rings. The van der Waals surface area contributed by atoms with E-state index in [0.29, 0.717) is 19.3 Å². The summed E-state index contributed by atoms with van der Waals surface area (Å²) in [7, 11) is 0. The van der Waals surface area contributed by atoms with Crippen molar-refractivity contribution in [1.82, 2.24) is 5.32 Å². The molecule has 1 N–H and O–H groups in total. The summed E-state index contributed by atoms with van der Waals surface area (Å²) in [5, 5.41) is 2.60. The standard InChI is InChI=1S/C31H55NO5/c1-5-7-8-9-10-11-12-13-14-15-16-17-18-19-20-21-26(23-29-27(6-2)30(34)37-29)36-31(35)28(32-24-33)22-25(3)4/h13-14,24-29H,5-12,15-23H2,1-4H3,(H,32,33)/b14-13-/t26-,27-,28-,29-/m0/s1. The summed E-state index contributed by atoms with van der Waals surface area (Å²) < 4.78 is 11.2. The third-order valence-electron chi connectivity index (χ3n) is 7.29. The topological polar surface area (TPSA) is 81.7 Å². The van der Waals surface area contributed by atoms with Gasteiger partial charge in [-0.1, -0.05) is 91.2 Å². The average Bonchev–Trinajstić information content (AvgIpc) is 2.85. The van der Waals surface area contributed by atoms with Gasteiger partial charge < -0.3 is 14.8 Å². The average molecular weight is 522 g/mol. The number of carbonyl (C=O) groups is 3. The number of rotatable bonds is 24. The number of esters is 2. The molecule has 0 spiro atoms. The van der Waals surface area contributed by atoms with Crippen molar-refractivity contribution >= 4 is 18.3 Å². The van der Waals surface area contributed by atoms with Crippen LogP contribution in [-0.4, -0.2) is 36.6 Å². The quantitative estimate of drug-likeness (QED) is 0.0618. The van der Waals surface area contributed by atoms with Gasteiger partial charge in [-0.3, -0.25) is 9.59 Å². The van der Waals surface area contributed by atoms with E-state index in [9.17, 15) is 14.4 Å². The predicted octanol–water partition coefficient (Wildman–Crippen LogP) is 7.44. The van der Waals surface area contributed by atoms with Crippen LogP contribution >= 0.6 is 0 Å². The van der Waals surface area contributed by atoms with Crippen LogP contribution < -0.4 is 5.32 Å². The Balaban J connectivity index is 2.32. The first-order valence-electron chi connectivity index (χ1n) is 15.2. The van der Waals surface area contributed by atoms with E-state index in [1.807, 2.05) is 20.8 Å². The molecule has 1 fully saturated rings. The SMILES string of the molecule is CCCCCCCC/C=C\CCCCCCC[C@@H](C[C@@H]1OC(=O)[C@H]1CC)OC(=O)[C@H](CC(C)C)NC=O. The molecular formula is C31H55NO5. The first-order valence-corrected chi connectivity index (χ1v) is 15.2. The second-order valence-electron chi connectivity index (χ2n) is 11.1. The number of amides is 1. The lowest BCUT2D eigenvalue weighted by Crippen LogP contribution is -2.47. The fourth-order valence-electron chi connectivity index (χ4n) is 5.00. The van der Waals surface area contributed by atoms with Crippen LogP contribution in [0.3, 0.4) is 0 Å². The van der Waals surface area contributed by atoms with Gasteiger partial charge in [0.15, 0.2) is 0 Å². The van der Waals surface area contributed by atoms with E-state index < -0.39 is 12.0 Å². The Bertz CT molecular complexity index is 648. The summed E-state index contributed by atoms with van der Waals surface area (Å²) in [5.41, 5.74) is 0. The second kappa shape index (κ2) is 21.1. The van der Waals surface area contributed by atoms with Gasteiger partial charge in [-0.25, -0.2) is 4.79 Å². The fraction of sp³-hybridized carbons (Fsp3) is 0.839. The van der Waals surface area contributed by atoms with Gasteiger partial charge in [-0.2, -0.15) is 0 Å². The number of allylic oxidation sites excluding steroid dienone is 2. The minimum Gasteiger partial charge on any atom is -0.461 e.